The van der Waals surface area contributed by atoms with Crippen LogP contribution in [0.2, 0.25) is 0 Å². The van der Waals surface area contributed by atoms with E-state index in [9.17, 15) is 9.18 Å². The highest BCUT2D eigenvalue weighted by Gasteiger charge is 2.34. The van der Waals surface area contributed by atoms with Crippen molar-refractivity contribution < 1.29 is 9.18 Å². The Morgan fingerprint density at radius 2 is 1.77 bits per heavy atom. The molecule has 146 valence electrons. The smallest absolute Gasteiger partial charge is 0.220 e. The first-order valence-corrected chi connectivity index (χ1v) is 9.59. The van der Waals surface area contributed by atoms with Gasteiger partial charge in [0.25, 0.3) is 0 Å². The van der Waals surface area contributed by atoms with E-state index in [1.165, 1.54) is 25.0 Å². The molecule has 0 aromatic heterocycles. The van der Waals surface area contributed by atoms with Gasteiger partial charge in [0.2, 0.25) is 5.91 Å². The Kier molecular flexibility index (Phi) is 7.09. The monoisotopic (exact) mass is 382 g/mol. The Morgan fingerprint density at radius 1 is 1.19 bits per heavy atom. The average molecular weight is 383 g/mol. The normalized spacial score (nSPS) is 26.1. The molecule has 2 aliphatic rings. The maximum absolute atomic E-state index is 13.2. The summed E-state index contributed by atoms with van der Waals surface area (Å²) in [5, 5.41) is 6.85. The lowest BCUT2D eigenvalue weighted by Crippen LogP contribution is -2.40. The van der Waals surface area contributed by atoms with Gasteiger partial charge in [0.1, 0.15) is 5.82 Å². The molecule has 3 unspecified atom stereocenters. The molecule has 2 N–H and O–H groups in total. The lowest BCUT2D eigenvalue weighted by atomic mass is 9.85. The van der Waals surface area contributed by atoms with E-state index in [1.807, 2.05) is 0 Å². The number of hydrogen-bond donors (Lipinski definition) is 2. The summed E-state index contributed by atoms with van der Waals surface area (Å²) in [6, 6.07) is 7.68. The predicted molar refractivity (Wildman–Crippen MR) is 106 cm³/mol. The molecule has 1 amide bonds. The van der Waals surface area contributed by atoms with Crippen LogP contribution in [0.1, 0.15) is 70.9 Å². The summed E-state index contributed by atoms with van der Waals surface area (Å²) in [5.41, 5.74) is 1.07. The fourth-order valence-electron chi connectivity index (χ4n) is 4.42. The van der Waals surface area contributed by atoms with Gasteiger partial charge in [-0.3, -0.25) is 4.79 Å². The molecule has 1 aromatic carbocycles. The first-order valence-electron chi connectivity index (χ1n) is 9.59. The van der Waals surface area contributed by atoms with Gasteiger partial charge in [0, 0.05) is 18.5 Å². The highest BCUT2D eigenvalue weighted by molar-refractivity contribution is 5.85. The third kappa shape index (κ3) is 5.95. The highest BCUT2D eigenvalue weighted by Crippen LogP contribution is 2.33. The molecular weight excluding hydrogens is 351 g/mol. The minimum absolute atomic E-state index is 0. The molecule has 3 atom stereocenters. The summed E-state index contributed by atoms with van der Waals surface area (Å²) in [7, 11) is 0. The second-order valence-electron chi connectivity index (χ2n) is 9.12. The number of rotatable bonds is 5. The quantitative estimate of drug-likeness (QED) is 0.770. The van der Waals surface area contributed by atoms with Crippen LogP contribution in [0, 0.1) is 17.2 Å². The van der Waals surface area contributed by atoms with Crippen molar-refractivity contribution in [2.24, 2.45) is 11.3 Å². The van der Waals surface area contributed by atoms with E-state index in [0.717, 1.165) is 24.8 Å². The summed E-state index contributed by atoms with van der Waals surface area (Å²) in [4.78, 5) is 12.7. The maximum Gasteiger partial charge on any atom is 0.220 e. The molecule has 0 spiro atoms. The van der Waals surface area contributed by atoms with Crippen LogP contribution < -0.4 is 10.6 Å². The number of carbonyl (C=O) groups is 1. The van der Waals surface area contributed by atoms with Crippen molar-refractivity contribution in [1.82, 2.24) is 10.6 Å². The number of amides is 1. The molecule has 2 saturated heterocycles. The molecule has 0 saturated carbocycles. The number of nitrogens with one attached hydrogen (secondary N) is 2. The fourth-order valence-corrected chi connectivity index (χ4v) is 4.42. The van der Waals surface area contributed by atoms with Crippen LogP contribution in [0.5, 0.6) is 0 Å². The summed E-state index contributed by atoms with van der Waals surface area (Å²) < 4.78 is 13.2. The van der Waals surface area contributed by atoms with Crippen molar-refractivity contribution in [2.45, 2.75) is 77.4 Å². The third-order valence-corrected chi connectivity index (χ3v) is 5.47. The van der Waals surface area contributed by atoms with E-state index in [4.69, 9.17) is 0 Å². The molecule has 1 aromatic rings. The lowest BCUT2D eigenvalue weighted by molar-refractivity contribution is -0.123. The minimum Gasteiger partial charge on any atom is -0.349 e. The Labute approximate surface area is 162 Å². The Morgan fingerprint density at radius 3 is 2.31 bits per heavy atom. The van der Waals surface area contributed by atoms with Crippen LogP contribution in [0.3, 0.4) is 0 Å². The van der Waals surface area contributed by atoms with E-state index in [1.54, 1.807) is 12.1 Å². The van der Waals surface area contributed by atoms with Crippen LogP contribution in [-0.2, 0) is 4.79 Å². The third-order valence-electron chi connectivity index (χ3n) is 5.47. The average Bonchev–Trinajstić information content (AvgIpc) is 2.85. The van der Waals surface area contributed by atoms with Crippen molar-refractivity contribution in [2.75, 3.05) is 0 Å². The van der Waals surface area contributed by atoms with Crippen molar-refractivity contribution in [3.8, 4) is 0 Å². The molecular formula is C21H32ClFN2O. The summed E-state index contributed by atoms with van der Waals surface area (Å²) >= 11 is 0. The predicted octanol–water partition coefficient (Wildman–Crippen LogP) is 4.76. The minimum atomic E-state index is -0.241. The van der Waals surface area contributed by atoms with E-state index in [0.29, 0.717) is 24.4 Å². The first-order chi connectivity index (χ1) is 11.8. The SMILES string of the molecule is CC(C)(C)CC(NC(=O)CC1CC2CCC(C1)N2)c1ccc(F)cc1.Cl. The molecule has 2 fully saturated rings. The highest BCUT2D eigenvalue weighted by atomic mass is 35.5. The zero-order valence-corrected chi connectivity index (χ0v) is 16.9. The molecule has 3 nitrogen and oxygen atoms in total. The molecule has 2 heterocycles. The number of piperidine rings is 1. The maximum atomic E-state index is 13.2. The standard InChI is InChI=1S/C21H31FN2O.ClH/c1-21(2,3)13-19(15-4-6-16(22)7-5-15)24-20(25)12-14-10-17-8-9-18(11-14)23-17;/h4-7,14,17-19,23H,8-13H2,1-3H3,(H,24,25);1H. The van der Waals surface area contributed by atoms with Crippen LogP contribution >= 0.6 is 12.4 Å². The van der Waals surface area contributed by atoms with Crippen molar-refractivity contribution in [3.63, 3.8) is 0 Å². The number of benzene rings is 1. The first kappa shape index (κ1) is 21.2. The Bertz CT molecular complexity index is 587. The zero-order chi connectivity index (χ0) is 18.0. The Balaban J connectivity index is 0.00000243. The molecule has 2 bridgehead atoms. The van der Waals surface area contributed by atoms with E-state index >= 15 is 0 Å². The van der Waals surface area contributed by atoms with Gasteiger partial charge in [0.15, 0.2) is 0 Å². The largest absolute Gasteiger partial charge is 0.349 e. The van der Waals surface area contributed by atoms with Crippen molar-refractivity contribution in [3.05, 3.63) is 35.6 Å². The van der Waals surface area contributed by atoms with Gasteiger partial charge in [-0.15, -0.1) is 12.4 Å². The summed E-state index contributed by atoms with van der Waals surface area (Å²) in [5.74, 6) is 0.377. The summed E-state index contributed by atoms with van der Waals surface area (Å²) in [6.45, 7) is 6.50. The van der Waals surface area contributed by atoms with E-state index in [-0.39, 0.29) is 35.6 Å². The Hall–Kier alpha value is -1.13. The van der Waals surface area contributed by atoms with Crippen LogP contribution in [-0.4, -0.2) is 18.0 Å². The molecule has 0 aliphatic carbocycles. The summed E-state index contributed by atoms with van der Waals surface area (Å²) in [6.07, 6.45) is 6.18. The number of fused-ring (bicyclic) bond motifs is 2. The van der Waals surface area contributed by atoms with Gasteiger partial charge in [0.05, 0.1) is 6.04 Å². The van der Waals surface area contributed by atoms with Crippen molar-refractivity contribution in [1.29, 1.82) is 0 Å². The lowest BCUT2D eigenvalue weighted by Gasteiger charge is -2.30. The molecule has 3 rings (SSSR count). The van der Waals surface area contributed by atoms with Gasteiger partial charge in [-0.2, -0.15) is 0 Å². The second-order valence-corrected chi connectivity index (χ2v) is 9.12. The zero-order valence-electron chi connectivity index (χ0n) is 16.1. The molecule has 5 heteroatoms. The van der Waals surface area contributed by atoms with Crippen LogP contribution in [0.4, 0.5) is 4.39 Å². The van der Waals surface area contributed by atoms with Crippen LogP contribution in [0.15, 0.2) is 24.3 Å². The van der Waals surface area contributed by atoms with Gasteiger partial charge in [-0.25, -0.2) is 4.39 Å². The fraction of sp³-hybridized carbons (Fsp3) is 0.667. The topological polar surface area (TPSA) is 41.1 Å². The molecule has 26 heavy (non-hydrogen) atoms. The van der Waals surface area contributed by atoms with Gasteiger partial charge in [-0.1, -0.05) is 32.9 Å². The number of halogens is 2. The van der Waals surface area contributed by atoms with Crippen LogP contribution in [0.25, 0.3) is 0 Å². The second kappa shape index (κ2) is 8.71. The van der Waals surface area contributed by atoms with Gasteiger partial charge in [-0.05, 0) is 61.1 Å². The van der Waals surface area contributed by atoms with E-state index in [2.05, 4.69) is 31.4 Å². The van der Waals surface area contributed by atoms with Crippen molar-refractivity contribution >= 4 is 18.3 Å². The number of hydrogen-bond acceptors (Lipinski definition) is 2. The number of carbonyl (C=O) groups excluding carboxylic acids is 1. The molecule has 2 aliphatic heterocycles. The molecule has 0 radical (unpaired) electrons. The van der Waals surface area contributed by atoms with E-state index < -0.39 is 0 Å². The van der Waals surface area contributed by atoms with Gasteiger partial charge < -0.3 is 10.6 Å². The van der Waals surface area contributed by atoms with Gasteiger partial charge >= 0.3 is 0 Å².